The molecule has 3 aromatic rings. The average Bonchev–Trinajstić information content (AvgIpc) is 3.07. The standard InChI is InChI=1S/C20H12O4/c21-16-8-13-3-1-2-12-6-14(7-15(19(12)13)20(16)22)11-4-5-17-18(9-11)24-10-23-17/h1-9,21H,10H2. The Balaban J connectivity index is 1.77. The Morgan fingerprint density at radius 3 is 2.71 bits per heavy atom. The Hall–Kier alpha value is -3.27. The fourth-order valence-corrected chi connectivity index (χ4v) is 3.35. The molecule has 0 aromatic heterocycles. The van der Waals surface area contributed by atoms with Crippen molar-refractivity contribution >= 4 is 22.6 Å². The molecule has 0 radical (unpaired) electrons. The normalized spacial score (nSPS) is 14.8. The Bertz CT molecular complexity index is 1060. The molecule has 3 aromatic carbocycles. The highest BCUT2D eigenvalue weighted by atomic mass is 16.7. The van der Waals surface area contributed by atoms with Crippen LogP contribution in [-0.4, -0.2) is 17.7 Å². The van der Waals surface area contributed by atoms with Gasteiger partial charge in [0.1, 0.15) is 0 Å². The number of rotatable bonds is 1. The molecule has 0 atom stereocenters. The van der Waals surface area contributed by atoms with Gasteiger partial charge >= 0.3 is 0 Å². The lowest BCUT2D eigenvalue weighted by Crippen LogP contribution is -2.08. The van der Waals surface area contributed by atoms with Gasteiger partial charge in [-0.15, -0.1) is 0 Å². The smallest absolute Gasteiger partial charge is 0.231 e. The molecule has 1 aliphatic heterocycles. The molecule has 0 amide bonds. The van der Waals surface area contributed by atoms with E-state index in [1.807, 2.05) is 48.5 Å². The lowest BCUT2D eigenvalue weighted by molar-refractivity contribution is 0.0981. The van der Waals surface area contributed by atoms with Crippen molar-refractivity contribution in [2.75, 3.05) is 6.79 Å². The maximum atomic E-state index is 12.4. The van der Waals surface area contributed by atoms with Gasteiger partial charge in [-0.1, -0.05) is 24.3 Å². The van der Waals surface area contributed by atoms with Crippen molar-refractivity contribution in [3.05, 3.63) is 65.4 Å². The summed E-state index contributed by atoms with van der Waals surface area (Å²) in [6.45, 7) is 0.224. The topological polar surface area (TPSA) is 55.8 Å². The monoisotopic (exact) mass is 316 g/mol. The number of aliphatic hydroxyl groups is 1. The van der Waals surface area contributed by atoms with Crippen LogP contribution >= 0.6 is 0 Å². The largest absolute Gasteiger partial charge is 0.504 e. The van der Waals surface area contributed by atoms with Crippen LogP contribution in [0.25, 0.3) is 28.0 Å². The van der Waals surface area contributed by atoms with Crippen molar-refractivity contribution in [3.8, 4) is 22.6 Å². The first-order valence-electron chi connectivity index (χ1n) is 7.63. The summed E-state index contributed by atoms with van der Waals surface area (Å²) in [7, 11) is 0. The number of benzene rings is 3. The van der Waals surface area contributed by atoms with Gasteiger partial charge in [0.25, 0.3) is 0 Å². The van der Waals surface area contributed by atoms with Crippen LogP contribution in [0.2, 0.25) is 0 Å². The van der Waals surface area contributed by atoms with Crippen LogP contribution in [0.15, 0.2) is 54.3 Å². The van der Waals surface area contributed by atoms with Crippen molar-refractivity contribution in [3.63, 3.8) is 0 Å². The van der Waals surface area contributed by atoms with E-state index < -0.39 is 0 Å². The maximum Gasteiger partial charge on any atom is 0.231 e. The number of Topliss-reactive ketones (excluding diaryl/α,β-unsaturated/α-hetero) is 1. The summed E-state index contributed by atoms with van der Waals surface area (Å²) in [5.41, 5.74) is 3.22. The highest BCUT2D eigenvalue weighted by Gasteiger charge is 2.23. The minimum atomic E-state index is -0.346. The molecule has 5 rings (SSSR count). The number of allylic oxidation sites excluding steroid dienone is 1. The van der Waals surface area contributed by atoms with Crippen LogP contribution in [0.1, 0.15) is 15.9 Å². The van der Waals surface area contributed by atoms with Crippen molar-refractivity contribution in [2.24, 2.45) is 0 Å². The number of ether oxygens (including phenoxy) is 2. The predicted molar refractivity (Wildman–Crippen MR) is 90.4 cm³/mol. The lowest BCUT2D eigenvalue weighted by Gasteiger charge is -2.16. The molecule has 1 N–H and O–H groups in total. The lowest BCUT2D eigenvalue weighted by atomic mass is 9.88. The quantitative estimate of drug-likeness (QED) is 0.726. The van der Waals surface area contributed by atoms with Gasteiger partial charge < -0.3 is 14.6 Å². The number of aliphatic hydroxyl groups excluding tert-OH is 1. The van der Waals surface area contributed by atoms with E-state index in [9.17, 15) is 9.90 Å². The van der Waals surface area contributed by atoms with Gasteiger partial charge in [0, 0.05) is 10.9 Å². The van der Waals surface area contributed by atoms with E-state index in [-0.39, 0.29) is 18.3 Å². The number of carbonyl (C=O) groups is 1. The van der Waals surface area contributed by atoms with Crippen LogP contribution in [0, 0.1) is 0 Å². The minimum Gasteiger partial charge on any atom is -0.504 e. The zero-order valence-corrected chi connectivity index (χ0v) is 12.6. The van der Waals surface area contributed by atoms with Gasteiger partial charge in [-0.25, -0.2) is 0 Å². The Morgan fingerprint density at radius 2 is 1.79 bits per heavy atom. The van der Waals surface area contributed by atoms with E-state index in [0.29, 0.717) is 11.3 Å². The SMILES string of the molecule is O=C1C(O)=Cc2cccc3cc(-c4ccc5c(c4)OCO5)cc1c23. The van der Waals surface area contributed by atoms with Crippen molar-refractivity contribution in [1.29, 1.82) is 0 Å². The zero-order chi connectivity index (χ0) is 16.3. The summed E-state index contributed by atoms with van der Waals surface area (Å²) in [6, 6.07) is 15.4. The minimum absolute atomic E-state index is 0.224. The second-order valence-corrected chi connectivity index (χ2v) is 5.90. The summed E-state index contributed by atoms with van der Waals surface area (Å²) in [5.74, 6) is 0.850. The molecule has 116 valence electrons. The summed E-state index contributed by atoms with van der Waals surface area (Å²) in [6.07, 6.45) is 1.53. The van der Waals surface area contributed by atoms with Crippen molar-refractivity contribution < 1.29 is 19.4 Å². The van der Waals surface area contributed by atoms with E-state index in [4.69, 9.17) is 9.47 Å². The first kappa shape index (κ1) is 13.2. The van der Waals surface area contributed by atoms with E-state index in [0.717, 1.165) is 33.2 Å². The molecule has 4 nitrogen and oxygen atoms in total. The van der Waals surface area contributed by atoms with Gasteiger partial charge in [-0.05, 0) is 52.4 Å². The molecular weight excluding hydrogens is 304 g/mol. The van der Waals surface area contributed by atoms with E-state index in [1.165, 1.54) is 6.08 Å². The zero-order valence-electron chi connectivity index (χ0n) is 12.6. The summed E-state index contributed by atoms with van der Waals surface area (Å²) < 4.78 is 10.8. The van der Waals surface area contributed by atoms with Crippen LogP contribution in [-0.2, 0) is 0 Å². The molecule has 24 heavy (non-hydrogen) atoms. The number of fused-ring (bicyclic) bond motifs is 1. The molecule has 4 heteroatoms. The number of hydrogen-bond acceptors (Lipinski definition) is 4. The first-order valence-corrected chi connectivity index (χ1v) is 7.63. The van der Waals surface area contributed by atoms with Crippen molar-refractivity contribution in [2.45, 2.75) is 0 Å². The van der Waals surface area contributed by atoms with Gasteiger partial charge in [0.15, 0.2) is 17.3 Å². The second kappa shape index (κ2) is 4.61. The highest BCUT2D eigenvalue weighted by Crippen LogP contribution is 2.39. The molecule has 1 aliphatic carbocycles. The molecular formula is C20H12O4. The van der Waals surface area contributed by atoms with E-state index in [2.05, 4.69) is 0 Å². The predicted octanol–water partition coefficient (Wildman–Crippen LogP) is 4.33. The number of ketones is 1. The van der Waals surface area contributed by atoms with Gasteiger partial charge in [0.2, 0.25) is 12.6 Å². The fraction of sp³-hybridized carbons (Fsp3) is 0.0500. The Morgan fingerprint density at radius 1 is 0.917 bits per heavy atom. The Labute approximate surface area is 137 Å². The second-order valence-electron chi connectivity index (χ2n) is 5.90. The van der Waals surface area contributed by atoms with Crippen LogP contribution in [0.3, 0.4) is 0 Å². The van der Waals surface area contributed by atoms with E-state index >= 15 is 0 Å². The molecule has 0 bridgehead atoms. The third-order valence-electron chi connectivity index (χ3n) is 4.48. The van der Waals surface area contributed by atoms with Crippen LogP contribution in [0.5, 0.6) is 11.5 Å². The molecule has 0 saturated heterocycles. The van der Waals surface area contributed by atoms with Gasteiger partial charge in [-0.2, -0.15) is 0 Å². The highest BCUT2D eigenvalue weighted by molar-refractivity contribution is 6.22. The molecule has 0 unspecified atom stereocenters. The number of carbonyl (C=O) groups excluding carboxylic acids is 1. The third kappa shape index (κ3) is 1.77. The summed E-state index contributed by atoms with van der Waals surface area (Å²) >= 11 is 0. The molecule has 2 aliphatic rings. The van der Waals surface area contributed by atoms with Crippen LogP contribution < -0.4 is 9.47 Å². The maximum absolute atomic E-state index is 12.4. The molecule has 0 fully saturated rings. The van der Waals surface area contributed by atoms with Crippen LogP contribution in [0.4, 0.5) is 0 Å². The number of hydrogen-bond donors (Lipinski definition) is 1. The van der Waals surface area contributed by atoms with Gasteiger partial charge in [0.05, 0.1) is 0 Å². The first-order chi connectivity index (χ1) is 11.7. The summed E-state index contributed by atoms with van der Waals surface area (Å²) in [5, 5.41) is 11.8. The Kier molecular flexibility index (Phi) is 2.54. The molecule has 1 heterocycles. The summed E-state index contributed by atoms with van der Waals surface area (Å²) in [4.78, 5) is 12.4. The van der Waals surface area contributed by atoms with E-state index in [1.54, 1.807) is 0 Å². The third-order valence-corrected chi connectivity index (χ3v) is 4.48. The average molecular weight is 316 g/mol. The van der Waals surface area contributed by atoms with Gasteiger partial charge in [-0.3, -0.25) is 4.79 Å². The fourth-order valence-electron chi connectivity index (χ4n) is 3.35. The molecule has 0 spiro atoms. The molecule has 0 saturated carbocycles. The van der Waals surface area contributed by atoms with Crippen molar-refractivity contribution in [1.82, 2.24) is 0 Å².